The first kappa shape index (κ1) is 16.5. The first-order valence-electron chi connectivity index (χ1n) is 7.18. The zero-order valence-corrected chi connectivity index (χ0v) is 13.9. The third-order valence-corrected chi connectivity index (χ3v) is 4.22. The van der Waals surface area contributed by atoms with E-state index in [2.05, 4.69) is 21.3 Å². The molecular formula is C16H21N3O2S. The van der Waals surface area contributed by atoms with Crippen molar-refractivity contribution in [2.24, 2.45) is 0 Å². The Balaban J connectivity index is 1.96. The number of nitrogens with one attached hydrogen (secondary N) is 1. The lowest BCUT2D eigenvalue weighted by Crippen LogP contribution is -2.34. The second kappa shape index (κ2) is 7.91. The number of carbonyl (C=O) groups is 1. The van der Waals surface area contributed by atoms with Crippen molar-refractivity contribution in [2.45, 2.75) is 13.0 Å². The average molecular weight is 319 g/mol. The number of pyridine rings is 1. The SMILES string of the molecule is CCOc1ccc(C(=O)NCC(c2cccs2)N(C)C)cn1. The Labute approximate surface area is 134 Å². The first-order valence-corrected chi connectivity index (χ1v) is 8.06. The molecule has 2 heterocycles. The highest BCUT2D eigenvalue weighted by Gasteiger charge is 2.16. The number of aromatic nitrogens is 1. The summed E-state index contributed by atoms with van der Waals surface area (Å²) in [4.78, 5) is 19.6. The predicted octanol–water partition coefficient (Wildman–Crippen LogP) is 2.57. The molecule has 0 aliphatic rings. The molecule has 6 heteroatoms. The van der Waals surface area contributed by atoms with Crippen molar-refractivity contribution in [2.75, 3.05) is 27.2 Å². The highest BCUT2D eigenvalue weighted by atomic mass is 32.1. The molecule has 2 aromatic heterocycles. The van der Waals surface area contributed by atoms with E-state index in [4.69, 9.17) is 4.74 Å². The van der Waals surface area contributed by atoms with Gasteiger partial charge in [-0.3, -0.25) is 4.79 Å². The first-order chi connectivity index (χ1) is 10.6. The van der Waals surface area contributed by atoms with Crippen LogP contribution in [0.1, 0.15) is 28.2 Å². The molecule has 0 fully saturated rings. The van der Waals surface area contributed by atoms with Crippen molar-refractivity contribution in [3.8, 4) is 5.88 Å². The van der Waals surface area contributed by atoms with Crippen LogP contribution in [-0.2, 0) is 0 Å². The van der Waals surface area contributed by atoms with Crippen molar-refractivity contribution < 1.29 is 9.53 Å². The molecule has 0 bridgehead atoms. The minimum absolute atomic E-state index is 0.126. The van der Waals surface area contributed by atoms with Crippen LogP contribution >= 0.6 is 11.3 Å². The summed E-state index contributed by atoms with van der Waals surface area (Å²) in [5.74, 6) is 0.405. The van der Waals surface area contributed by atoms with Crippen LogP contribution < -0.4 is 10.1 Å². The summed E-state index contributed by atoms with van der Waals surface area (Å²) >= 11 is 1.69. The van der Waals surface area contributed by atoms with Gasteiger partial charge in [-0.05, 0) is 38.5 Å². The molecule has 1 amide bonds. The van der Waals surface area contributed by atoms with Crippen molar-refractivity contribution >= 4 is 17.2 Å². The lowest BCUT2D eigenvalue weighted by atomic mass is 10.2. The number of amides is 1. The Morgan fingerprint density at radius 2 is 2.23 bits per heavy atom. The number of thiophene rings is 1. The van der Waals surface area contributed by atoms with E-state index in [-0.39, 0.29) is 11.9 Å². The molecule has 0 aliphatic carbocycles. The second-order valence-electron chi connectivity index (χ2n) is 5.02. The average Bonchev–Trinajstić information content (AvgIpc) is 3.02. The van der Waals surface area contributed by atoms with Crippen LogP contribution in [-0.4, -0.2) is 43.0 Å². The molecule has 22 heavy (non-hydrogen) atoms. The smallest absolute Gasteiger partial charge is 0.252 e. The van der Waals surface area contributed by atoms with Crippen LogP contribution in [0.4, 0.5) is 0 Å². The molecule has 0 aliphatic heterocycles. The monoisotopic (exact) mass is 319 g/mol. The maximum atomic E-state index is 12.2. The fourth-order valence-corrected chi connectivity index (χ4v) is 2.98. The number of hydrogen-bond donors (Lipinski definition) is 1. The van der Waals surface area contributed by atoms with Gasteiger partial charge < -0.3 is 15.0 Å². The van der Waals surface area contributed by atoms with Gasteiger partial charge in [0.25, 0.3) is 5.91 Å². The van der Waals surface area contributed by atoms with Gasteiger partial charge in [-0.2, -0.15) is 0 Å². The predicted molar refractivity (Wildman–Crippen MR) is 88.5 cm³/mol. The van der Waals surface area contributed by atoms with E-state index in [0.717, 1.165) is 0 Å². The Morgan fingerprint density at radius 3 is 2.77 bits per heavy atom. The zero-order valence-electron chi connectivity index (χ0n) is 13.1. The van der Waals surface area contributed by atoms with Gasteiger partial charge in [0, 0.05) is 23.7 Å². The van der Waals surface area contributed by atoms with Crippen LogP contribution in [0.25, 0.3) is 0 Å². The number of likely N-dealkylation sites (N-methyl/N-ethyl adjacent to an activating group) is 1. The van der Waals surface area contributed by atoms with Crippen molar-refractivity contribution in [3.63, 3.8) is 0 Å². The molecule has 2 rings (SSSR count). The molecule has 1 unspecified atom stereocenters. The Kier molecular flexibility index (Phi) is 5.91. The number of nitrogens with zero attached hydrogens (tertiary/aromatic N) is 2. The van der Waals surface area contributed by atoms with Crippen LogP contribution in [0.2, 0.25) is 0 Å². The van der Waals surface area contributed by atoms with Crippen LogP contribution in [0, 0.1) is 0 Å². The quantitative estimate of drug-likeness (QED) is 0.852. The summed E-state index contributed by atoms with van der Waals surface area (Å²) in [6.45, 7) is 3.01. The van der Waals surface area contributed by atoms with Gasteiger partial charge in [0.05, 0.1) is 18.2 Å². The van der Waals surface area contributed by atoms with E-state index in [1.54, 1.807) is 23.5 Å². The number of hydrogen-bond acceptors (Lipinski definition) is 5. The maximum Gasteiger partial charge on any atom is 0.252 e. The fraction of sp³-hybridized carbons (Fsp3) is 0.375. The van der Waals surface area contributed by atoms with Gasteiger partial charge in [0.2, 0.25) is 5.88 Å². The second-order valence-corrected chi connectivity index (χ2v) is 6.00. The van der Waals surface area contributed by atoms with Gasteiger partial charge in [-0.25, -0.2) is 4.98 Å². The Hall–Kier alpha value is -1.92. The summed E-state index contributed by atoms with van der Waals surface area (Å²) in [6.07, 6.45) is 1.54. The molecule has 0 saturated heterocycles. The van der Waals surface area contributed by atoms with E-state index in [0.29, 0.717) is 24.6 Å². The molecule has 2 aromatic rings. The van der Waals surface area contributed by atoms with Gasteiger partial charge in [-0.15, -0.1) is 11.3 Å². The summed E-state index contributed by atoms with van der Waals surface area (Å²) in [5, 5.41) is 5.01. The Bertz CT molecular complexity index is 582. The van der Waals surface area contributed by atoms with Gasteiger partial charge in [-0.1, -0.05) is 6.07 Å². The standard InChI is InChI=1S/C16H21N3O2S/c1-4-21-15-8-7-12(10-17-15)16(20)18-11-13(19(2)3)14-6-5-9-22-14/h5-10,13H,4,11H2,1-3H3,(H,18,20). The molecule has 0 saturated carbocycles. The minimum atomic E-state index is -0.126. The van der Waals surface area contributed by atoms with E-state index >= 15 is 0 Å². The van der Waals surface area contributed by atoms with E-state index < -0.39 is 0 Å². The molecule has 1 N–H and O–H groups in total. The summed E-state index contributed by atoms with van der Waals surface area (Å²) in [5.41, 5.74) is 0.534. The zero-order chi connectivity index (χ0) is 15.9. The van der Waals surface area contributed by atoms with Gasteiger partial charge in [0.15, 0.2) is 0 Å². The van der Waals surface area contributed by atoms with Gasteiger partial charge in [0.1, 0.15) is 0 Å². The summed E-state index contributed by atoms with van der Waals surface area (Å²) in [7, 11) is 4.02. The van der Waals surface area contributed by atoms with Gasteiger partial charge >= 0.3 is 0 Å². The van der Waals surface area contributed by atoms with Crippen molar-refractivity contribution in [1.29, 1.82) is 0 Å². The summed E-state index contributed by atoms with van der Waals surface area (Å²) in [6, 6.07) is 7.71. The molecule has 0 aromatic carbocycles. The molecular weight excluding hydrogens is 298 g/mol. The van der Waals surface area contributed by atoms with Crippen LogP contribution in [0.5, 0.6) is 5.88 Å². The van der Waals surface area contributed by atoms with E-state index in [1.807, 2.05) is 32.5 Å². The van der Waals surface area contributed by atoms with Crippen molar-refractivity contribution in [3.05, 3.63) is 46.3 Å². The molecule has 118 valence electrons. The van der Waals surface area contributed by atoms with E-state index in [9.17, 15) is 4.79 Å². The number of rotatable bonds is 7. The van der Waals surface area contributed by atoms with Crippen LogP contribution in [0.3, 0.4) is 0 Å². The normalized spacial score (nSPS) is 12.2. The minimum Gasteiger partial charge on any atom is -0.478 e. The van der Waals surface area contributed by atoms with E-state index in [1.165, 1.54) is 11.1 Å². The fourth-order valence-electron chi connectivity index (χ4n) is 2.06. The maximum absolute atomic E-state index is 12.2. The molecule has 5 nitrogen and oxygen atoms in total. The highest BCUT2D eigenvalue weighted by Crippen LogP contribution is 2.22. The largest absolute Gasteiger partial charge is 0.478 e. The lowest BCUT2D eigenvalue weighted by Gasteiger charge is -2.23. The third-order valence-electron chi connectivity index (χ3n) is 3.24. The van der Waals surface area contributed by atoms with Crippen LogP contribution in [0.15, 0.2) is 35.8 Å². The highest BCUT2D eigenvalue weighted by molar-refractivity contribution is 7.10. The Morgan fingerprint density at radius 1 is 1.41 bits per heavy atom. The number of carbonyl (C=O) groups excluding carboxylic acids is 1. The number of ether oxygens (including phenoxy) is 1. The third kappa shape index (κ3) is 4.29. The summed E-state index contributed by atoms with van der Waals surface area (Å²) < 4.78 is 5.27. The lowest BCUT2D eigenvalue weighted by molar-refractivity contribution is 0.0942. The molecule has 0 radical (unpaired) electrons. The van der Waals surface area contributed by atoms with Crippen molar-refractivity contribution in [1.82, 2.24) is 15.2 Å². The molecule has 0 spiro atoms. The topological polar surface area (TPSA) is 54.5 Å². The molecule has 1 atom stereocenters.